The summed E-state index contributed by atoms with van der Waals surface area (Å²) in [7, 11) is -3.85. The van der Waals surface area contributed by atoms with Gasteiger partial charge in [0.25, 0.3) is 5.91 Å². The number of nitrogens with one attached hydrogen (secondary N) is 4. The SMILES string of the molecule is CC(C)NCCS(=O)(=O)NC(=O)c1ccc(Nc2nc(NC3(c4ccc(Cl)cc4)CC3)nc(OCC(F)(F)F)n2)cc1. The summed E-state index contributed by atoms with van der Waals surface area (Å²) in [6.07, 6.45) is -3.14. The van der Waals surface area contributed by atoms with Crippen molar-refractivity contribution in [2.75, 3.05) is 29.5 Å². The number of amides is 1. The van der Waals surface area contributed by atoms with Gasteiger partial charge >= 0.3 is 12.2 Å². The lowest BCUT2D eigenvalue weighted by Crippen LogP contribution is -2.37. The van der Waals surface area contributed by atoms with Crippen molar-refractivity contribution in [3.8, 4) is 6.01 Å². The van der Waals surface area contributed by atoms with Gasteiger partial charge in [0.05, 0.1) is 11.3 Å². The van der Waals surface area contributed by atoms with Crippen molar-refractivity contribution in [3.63, 3.8) is 0 Å². The summed E-state index contributed by atoms with van der Waals surface area (Å²) in [5, 5.41) is 9.55. The molecule has 1 aliphatic rings. The number of hydrogen-bond donors (Lipinski definition) is 4. The van der Waals surface area contributed by atoms with Crippen molar-refractivity contribution in [3.05, 3.63) is 64.7 Å². The van der Waals surface area contributed by atoms with Gasteiger partial charge in [0, 0.05) is 28.9 Å². The number of alkyl halides is 3. The molecule has 0 aliphatic heterocycles. The number of carbonyl (C=O) groups is 1. The van der Waals surface area contributed by atoms with Gasteiger partial charge in [0.1, 0.15) is 0 Å². The zero-order valence-corrected chi connectivity index (χ0v) is 24.2. The zero-order valence-electron chi connectivity index (χ0n) is 22.6. The second-order valence-electron chi connectivity index (χ2n) is 9.94. The van der Waals surface area contributed by atoms with E-state index in [2.05, 4.69) is 30.9 Å². The van der Waals surface area contributed by atoms with Gasteiger partial charge in [0.15, 0.2) is 6.61 Å². The van der Waals surface area contributed by atoms with Crippen molar-refractivity contribution >= 4 is 45.1 Å². The van der Waals surface area contributed by atoms with Gasteiger partial charge in [-0.1, -0.05) is 37.6 Å². The fourth-order valence-electron chi connectivity index (χ4n) is 3.84. The van der Waals surface area contributed by atoms with Gasteiger partial charge in [-0.3, -0.25) is 4.79 Å². The van der Waals surface area contributed by atoms with E-state index in [0.717, 1.165) is 18.4 Å². The van der Waals surface area contributed by atoms with Crippen molar-refractivity contribution in [2.45, 2.75) is 44.4 Å². The number of anilines is 3. The minimum absolute atomic E-state index is 0.00899. The largest absolute Gasteiger partial charge is 0.454 e. The number of carbonyl (C=O) groups excluding carboxylic acids is 1. The second kappa shape index (κ2) is 12.7. The molecular weight excluding hydrogens is 599 g/mol. The van der Waals surface area contributed by atoms with Crippen LogP contribution in [-0.2, 0) is 15.6 Å². The number of ether oxygens (including phenoxy) is 1. The highest BCUT2D eigenvalue weighted by Gasteiger charge is 2.45. The fourth-order valence-corrected chi connectivity index (χ4v) is 4.86. The molecule has 1 fully saturated rings. The molecule has 4 N–H and O–H groups in total. The summed E-state index contributed by atoms with van der Waals surface area (Å²) in [6.45, 7) is 2.33. The van der Waals surface area contributed by atoms with Crippen molar-refractivity contribution in [1.29, 1.82) is 0 Å². The Balaban J connectivity index is 1.48. The zero-order chi connectivity index (χ0) is 30.5. The van der Waals surface area contributed by atoms with E-state index >= 15 is 0 Å². The summed E-state index contributed by atoms with van der Waals surface area (Å²) in [4.78, 5) is 24.7. The minimum atomic E-state index is -4.61. The molecule has 4 rings (SSSR count). The van der Waals surface area contributed by atoms with E-state index in [1.807, 2.05) is 30.7 Å². The van der Waals surface area contributed by atoms with Crippen LogP contribution in [0.25, 0.3) is 0 Å². The van der Waals surface area contributed by atoms with Crippen molar-refractivity contribution in [2.24, 2.45) is 0 Å². The molecule has 226 valence electrons. The Morgan fingerprint density at radius 2 is 1.67 bits per heavy atom. The van der Waals surface area contributed by atoms with Crippen LogP contribution in [0.3, 0.4) is 0 Å². The number of hydrogen-bond acceptors (Lipinski definition) is 10. The molecule has 1 amide bonds. The highest BCUT2D eigenvalue weighted by atomic mass is 35.5. The third-order valence-corrected chi connectivity index (χ3v) is 7.54. The minimum Gasteiger partial charge on any atom is -0.454 e. The van der Waals surface area contributed by atoms with E-state index in [9.17, 15) is 26.4 Å². The predicted octanol–water partition coefficient (Wildman–Crippen LogP) is 4.37. The summed E-state index contributed by atoms with van der Waals surface area (Å²) < 4.78 is 69.6. The highest BCUT2D eigenvalue weighted by molar-refractivity contribution is 7.90. The summed E-state index contributed by atoms with van der Waals surface area (Å²) in [6, 6.07) is 12.4. The lowest BCUT2D eigenvalue weighted by molar-refractivity contribution is -0.154. The predicted molar refractivity (Wildman–Crippen MR) is 151 cm³/mol. The molecule has 0 unspecified atom stereocenters. The topological polar surface area (TPSA) is 147 Å². The average Bonchev–Trinajstić information content (AvgIpc) is 3.67. The van der Waals surface area contributed by atoms with Gasteiger partial charge in [-0.15, -0.1) is 0 Å². The summed E-state index contributed by atoms with van der Waals surface area (Å²) in [5.41, 5.74) is 0.830. The van der Waals surface area contributed by atoms with Crippen LogP contribution in [0.1, 0.15) is 42.6 Å². The quantitative estimate of drug-likeness (QED) is 0.215. The van der Waals surface area contributed by atoms with Crippen molar-refractivity contribution < 1.29 is 31.1 Å². The first-order chi connectivity index (χ1) is 19.7. The number of rotatable bonds is 13. The van der Waals surface area contributed by atoms with Gasteiger partial charge < -0.3 is 20.7 Å². The molecule has 1 heterocycles. The number of aromatic nitrogens is 3. The molecule has 0 bridgehead atoms. The van der Waals surface area contributed by atoms with E-state index in [-0.39, 0.29) is 35.8 Å². The van der Waals surface area contributed by atoms with Crippen LogP contribution in [0.5, 0.6) is 6.01 Å². The number of sulfonamides is 1. The molecule has 0 radical (unpaired) electrons. The van der Waals surface area contributed by atoms with Crippen LogP contribution in [-0.4, -0.2) is 60.4 Å². The average molecular weight is 628 g/mol. The van der Waals surface area contributed by atoms with Crippen LogP contribution >= 0.6 is 11.6 Å². The lowest BCUT2D eigenvalue weighted by Gasteiger charge is -2.19. The number of halogens is 4. The Bertz CT molecular complexity index is 1500. The monoisotopic (exact) mass is 627 g/mol. The highest BCUT2D eigenvalue weighted by Crippen LogP contribution is 2.48. The molecule has 11 nitrogen and oxygen atoms in total. The standard InChI is InChI=1S/C26H29ClF3N7O4S/c1-16(2)31-13-14-42(39,40)37-21(38)17-3-9-20(10-4-17)32-22-33-23(35-24(34-22)41-15-26(28,29)30)36-25(11-12-25)18-5-7-19(27)8-6-18/h3-10,16,31H,11-15H2,1-2H3,(H,37,38)(H2,32,33,34,35,36). The Morgan fingerprint density at radius 3 is 2.26 bits per heavy atom. The maximum atomic E-state index is 12.8. The van der Waals surface area contributed by atoms with Crippen LogP contribution in [0.2, 0.25) is 5.02 Å². The first kappa shape index (κ1) is 31.3. The Labute approximate surface area is 245 Å². The summed E-state index contributed by atoms with van der Waals surface area (Å²) in [5.74, 6) is -1.21. The molecule has 2 aromatic carbocycles. The molecule has 1 saturated carbocycles. The molecule has 1 aliphatic carbocycles. The maximum absolute atomic E-state index is 12.8. The van der Waals surface area contributed by atoms with E-state index in [0.29, 0.717) is 10.7 Å². The van der Waals surface area contributed by atoms with Crippen molar-refractivity contribution in [1.82, 2.24) is 25.0 Å². The molecule has 0 saturated heterocycles. The maximum Gasteiger partial charge on any atom is 0.422 e. The normalized spacial score (nSPS) is 14.4. The van der Waals surface area contributed by atoms with E-state index < -0.39 is 40.3 Å². The Morgan fingerprint density at radius 1 is 1.02 bits per heavy atom. The molecule has 3 aromatic rings. The number of benzene rings is 2. The van der Waals surface area contributed by atoms with E-state index in [1.165, 1.54) is 24.3 Å². The Kier molecular flexibility index (Phi) is 9.43. The lowest BCUT2D eigenvalue weighted by atomic mass is 10.1. The molecule has 42 heavy (non-hydrogen) atoms. The molecular formula is C26H29ClF3N7O4S. The van der Waals surface area contributed by atoms with Crippen LogP contribution in [0, 0.1) is 0 Å². The van der Waals surface area contributed by atoms with Crippen LogP contribution in [0.4, 0.5) is 30.8 Å². The Hall–Kier alpha value is -3.69. The van der Waals surface area contributed by atoms with Gasteiger partial charge in [-0.25, -0.2) is 13.1 Å². The molecule has 1 aromatic heterocycles. The van der Waals surface area contributed by atoms with Crippen LogP contribution < -0.4 is 25.4 Å². The number of nitrogens with zero attached hydrogens (tertiary/aromatic N) is 3. The third-order valence-electron chi connectivity index (χ3n) is 6.05. The van der Waals surface area contributed by atoms with Gasteiger partial charge in [0.2, 0.25) is 21.9 Å². The first-order valence-corrected chi connectivity index (χ1v) is 14.9. The molecule has 0 atom stereocenters. The second-order valence-corrected chi connectivity index (χ2v) is 12.2. The van der Waals surface area contributed by atoms with E-state index in [1.54, 1.807) is 12.1 Å². The molecule has 0 spiro atoms. The summed E-state index contributed by atoms with van der Waals surface area (Å²) >= 11 is 5.99. The third kappa shape index (κ3) is 9.16. The first-order valence-electron chi connectivity index (χ1n) is 12.9. The molecule has 16 heteroatoms. The van der Waals surface area contributed by atoms with Gasteiger partial charge in [-0.05, 0) is 54.8 Å². The smallest absolute Gasteiger partial charge is 0.422 e. The van der Waals surface area contributed by atoms with E-state index in [4.69, 9.17) is 16.3 Å². The van der Waals surface area contributed by atoms with Crippen LogP contribution in [0.15, 0.2) is 48.5 Å². The fraction of sp³-hybridized carbons (Fsp3) is 0.385. The van der Waals surface area contributed by atoms with Gasteiger partial charge in [-0.2, -0.15) is 28.1 Å².